The van der Waals surface area contributed by atoms with Crippen LogP contribution in [0.25, 0.3) is 11.5 Å². The lowest BCUT2D eigenvalue weighted by molar-refractivity contribution is -0.119. The topological polar surface area (TPSA) is 111 Å². The highest BCUT2D eigenvalue weighted by molar-refractivity contribution is 9.10. The third-order valence-electron chi connectivity index (χ3n) is 2.39. The van der Waals surface area contributed by atoms with Crippen LogP contribution in [0.2, 0.25) is 0 Å². The fourth-order valence-corrected chi connectivity index (χ4v) is 2.34. The van der Waals surface area contributed by atoms with Crippen molar-refractivity contribution in [2.75, 3.05) is 0 Å². The van der Waals surface area contributed by atoms with Gasteiger partial charge in [-0.1, -0.05) is 27.7 Å². The number of urea groups is 1. The Morgan fingerprint density at radius 1 is 1.33 bits per heavy atom. The predicted molar refractivity (Wildman–Crippen MR) is 80.5 cm³/mol. The summed E-state index contributed by atoms with van der Waals surface area (Å²) in [6.07, 6.45) is 0. The van der Waals surface area contributed by atoms with Crippen molar-refractivity contribution >= 4 is 39.6 Å². The van der Waals surface area contributed by atoms with Crippen molar-refractivity contribution in [2.45, 2.75) is 17.4 Å². The van der Waals surface area contributed by atoms with Gasteiger partial charge in [-0.2, -0.15) is 0 Å². The third kappa shape index (κ3) is 4.30. The van der Waals surface area contributed by atoms with Crippen molar-refractivity contribution in [3.8, 4) is 11.5 Å². The highest BCUT2D eigenvalue weighted by Crippen LogP contribution is 2.26. The summed E-state index contributed by atoms with van der Waals surface area (Å²) in [6, 6.07) is 6.48. The van der Waals surface area contributed by atoms with E-state index in [0.717, 1.165) is 21.8 Å². The third-order valence-corrected chi connectivity index (χ3v) is 3.85. The van der Waals surface area contributed by atoms with Gasteiger partial charge in [0.15, 0.2) is 0 Å². The van der Waals surface area contributed by atoms with E-state index in [1.807, 2.05) is 29.6 Å². The van der Waals surface area contributed by atoms with Crippen molar-refractivity contribution < 1.29 is 14.0 Å². The fourth-order valence-electron chi connectivity index (χ4n) is 1.39. The number of hydrogen-bond donors (Lipinski definition) is 2. The number of carbonyl (C=O) groups excluding carboxylic acids is 2. The van der Waals surface area contributed by atoms with Gasteiger partial charge in [-0.25, -0.2) is 4.79 Å². The average Bonchev–Trinajstić information content (AvgIpc) is 2.87. The minimum atomic E-state index is -0.895. The summed E-state index contributed by atoms with van der Waals surface area (Å²) in [4.78, 5) is 22.2. The normalized spacial score (nSPS) is 11.9. The maximum absolute atomic E-state index is 11.5. The molecular formula is C12H11BrN4O3S. The number of benzene rings is 1. The number of nitrogens with two attached hydrogens (primary N) is 1. The number of imide groups is 1. The molecule has 2 rings (SSSR count). The van der Waals surface area contributed by atoms with E-state index in [0.29, 0.717) is 5.89 Å². The number of hydrogen-bond acceptors (Lipinski definition) is 6. The van der Waals surface area contributed by atoms with Gasteiger partial charge < -0.3 is 10.2 Å². The summed E-state index contributed by atoms with van der Waals surface area (Å²) in [6.45, 7) is 1.60. The van der Waals surface area contributed by atoms with Crippen LogP contribution in [0.1, 0.15) is 6.92 Å². The minimum Gasteiger partial charge on any atom is -0.411 e. The molecule has 2 aromatic rings. The number of primary amides is 1. The van der Waals surface area contributed by atoms with Crippen LogP contribution in [0.15, 0.2) is 38.4 Å². The second-order valence-corrected chi connectivity index (χ2v) is 6.20. The van der Waals surface area contributed by atoms with E-state index in [1.54, 1.807) is 6.92 Å². The van der Waals surface area contributed by atoms with E-state index < -0.39 is 17.2 Å². The molecule has 21 heavy (non-hydrogen) atoms. The Labute approximate surface area is 132 Å². The van der Waals surface area contributed by atoms with Crippen LogP contribution in [0.5, 0.6) is 0 Å². The maximum Gasteiger partial charge on any atom is 0.318 e. The smallest absolute Gasteiger partial charge is 0.318 e. The Kier molecular flexibility index (Phi) is 4.97. The Morgan fingerprint density at radius 3 is 2.62 bits per heavy atom. The molecule has 0 radical (unpaired) electrons. The van der Waals surface area contributed by atoms with Gasteiger partial charge >= 0.3 is 6.03 Å². The summed E-state index contributed by atoms with van der Waals surface area (Å²) in [5, 5.41) is 9.41. The molecule has 110 valence electrons. The van der Waals surface area contributed by atoms with Gasteiger partial charge in [0.1, 0.15) is 0 Å². The molecule has 0 aliphatic rings. The molecule has 1 aromatic heterocycles. The predicted octanol–water partition coefficient (Wildman–Crippen LogP) is 2.17. The van der Waals surface area contributed by atoms with Crippen LogP contribution in [-0.2, 0) is 4.79 Å². The Hall–Kier alpha value is -1.87. The van der Waals surface area contributed by atoms with Gasteiger partial charge in [0.2, 0.25) is 11.8 Å². The summed E-state index contributed by atoms with van der Waals surface area (Å²) in [7, 11) is 0. The Morgan fingerprint density at radius 2 is 2.00 bits per heavy atom. The first-order valence-electron chi connectivity index (χ1n) is 5.82. The standard InChI is InChI=1S/C12H11BrN4O3S/c1-6(9(18)15-11(14)19)21-12-17-16-10(20-12)7-2-4-8(13)5-3-7/h2-6H,1H3,(H3,14,15,18,19)/t6-/m1/s1. The summed E-state index contributed by atoms with van der Waals surface area (Å²) in [5.74, 6) is -0.164. The van der Waals surface area contributed by atoms with Crippen LogP contribution >= 0.6 is 27.7 Å². The number of carbonyl (C=O) groups is 2. The number of thioether (sulfide) groups is 1. The Bertz CT molecular complexity index is 659. The van der Waals surface area contributed by atoms with Crippen molar-refractivity contribution in [2.24, 2.45) is 5.73 Å². The van der Waals surface area contributed by atoms with E-state index in [1.165, 1.54) is 0 Å². The molecule has 7 nitrogen and oxygen atoms in total. The number of halogens is 1. The van der Waals surface area contributed by atoms with E-state index in [9.17, 15) is 9.59 Å². The molecule has 0 bridgehead atoms. The number of nitrogens with one attached hydrogen (secondary N) is 1. The maximum atomic E-state index is 11.5. The zero-order chi connectivity index (χ0) is 15.4. The molecule has 0 spiro atoms. The first-order valence-corrected chi connectivity index (χ1v) is 7.49. The molecule has 0 aliphatic carbocycles. The lowest BCUT2D eigenvalue weighted by Crippen LogP contribution is -2.39. The van der Waals surface area contributed by atoms with E-state index >= 15 is 0 Å². The summed E-state index contributed by atoms with van der Waals surface area (Å²) >= 11 is 4.38. The molecule has 0 saturated heterocycles. The van der Waals surface area contributed by atoms with E-state index in [4.69, 9.17) is 10.2 Å². The van der Waals surface area contributed by atoms with Gasteiger partial charge in [0.05, 0.1) is 5.25 Å². The SMILES string of the molecule is C[C@@H](Sc1nnc(-c2ccc(Br)cc2)o1)C(=O)NC(N)=O. The molecule has 1 aromatic carbocycles. The van der Waals surface area contributed by atoms with E-state index in [-0.39, 0.29) is 5.22 Å². The zero-order valence-electron chi connectivity index (χ0n) is 10.9. The van der Waals surface area contributed by atoms with Gasteiger partial charge in [-0.15, -0.1) is 10.2 Å². The quantitative estimate of drug-likeness (QED) is 0.797. The van der Waals surface area contributed by atoms with Crippen LogP contribution in [0.4, 0.5) is 4.79 Å². The van der Waals surface area contributed by atoms with Gasteiger partial charge in [-0.05, 0) is 31.2 Å². The van der Waals surface area contributed by atoms with E-state index in [2.05, 4.69) is 26.1 Å². The number of nitrogens with zero attached hydrogens (tertiary/aromatic N) is 2. The lowest BCUT2D eigenvalue weighted by Gasteiger charge is -2.06. The summed E-state index contributed by atoms with van der Waals surface area (Å²) < 4.78 is 6.41. The monoisotopic (exact) mass is 370 g/mol. The van der Waals surface area contributed by atoms with Crippen LogP contribution in [0.3, 0.4) is 0 Å². The molecule has 0 aliphatic heterocycles. The van der Waals surface area contributed by atoms with Crippen molar-refractivity contribution in [1.82, 2.24) is 15.5 Å². The largest absolute Gasteiger partial charge is 0.411 e. The van der Waals surface area contributed by atoms with Crippen LogP contribution in [-0.4, -0.2) is 27.4 Å². The zero-order valence-corrected chi connectivity index (χ0v) is 13.3. The van der Waals surface area contributed by atoms with Gasteiger partial charge in [0.25, 0.3) is 5.22 Å². The highest BCUT2D eigenvalue weighted by Gasteiger charge is 2.19. The second kappa shape index (κ2) is 6.72. The first-order chi connectivity index (χ1) is 9.95. The molecule has 3 amide bonds. The molecule has 1 atom stereocenters. The highest BCUT2D eigenvalue weighted by atomic mass is 79.9. The first kappa shape index (κ1) is 15.5. The molecule has 0 fully saturated rings. The molecule has 0 saturated carbocycles. The molecule has 0 unspecified atom stereocenters. The van der Waals surface area contributed by atoms with Crippen molar-refractivity contribution in [3.05, 3.63) is 28.7 Å². The minimum absolute atomic E-state index is 0.236. The molecule has 3 N–H and O–H groups in total. The second-order valence-electron chi connectivity index (χ2n) is 3.99. The summed E-state index contributed by atoms with van der Waals surface area (Å²) in [5.41, 5.74) is 5.65. The molecule has 9 heteroatoms. The van der Waals surface area contributed by atoms with Crippen molar-refractivity contribution in [3.63, 3.8) is 0 Å². The average molecular weight is 371 g/mol. The Balaban J connectivity index is 2.04. The van der Waals surface area contributed by atoms with Gasteiger partial charge in [0, 0.05) is 10.0 Å². The number of rotatable bonds is 4. The molecular weight excluding hydrogens is 360 g/mol. The number of aromatic nitrogens is 2. The van der Waals surface area contributed by atoms with Crippen LogP contribution in [0, 0.1) is 0 Å². The lowest BCUT2D eigenvalue weighted by atomic mass is 10.2. The van der Waals surface area contributed by atoms with Gasteiger partial charge in [-0.3, -0.25) is 10.1 Å². The van der Waals surface area contributed by atoms with Crippen LogP contribution < -0.4 is 11.1 Å². The number of amides is 3. The molecule has 1 heterocycles. The fraction of sp³-hybridized carbons (Fsp3) is 0.167. The van der Waals surface area contributed by atoms with Crippen molar-refractivity contribution in [1.29, 1.82) is 0 Å².